The van der Waals surface area contributed by atoms with E-state index in [2.05, 4.69) is 27.9 Å². The molecule has 0 saturated carbocycles. The SMILES string of the molecule is CN(CC1CCCN1C)C(=O)c1cc(N)ccc1Br. The molecule has 1 aliphatic heterocycles. The van der Waals surface area contributed by atoms with Crippen molar-refractivity contribution in [3.63, 3.8) is 0 Å². The Morgan fingerprint density at radius 3 is 2.95 bits per heavy atom. The van der Waals surface area contributed by atoms with Gasteiger partial charge in [-0.15, -0.1) is 0 Å². The number of hydrogen-bond acceptors (Lipinski definition) is 3. The molecule has 104 valence electrons. The van der Waals surface area contributed by atoms with Crippen LogP contribution in [0.2, 0.25) is 0 Å². The Labute approximate surface area is 122 Å². The maximum Gasteiger partial charge on any atom is 0.254 e. The van der Waals surface area contributed by atoms with E-state index in [1.165, 1.54) is 6.42 Å². The lowest BCUT2D eigenvalue weighted by Crippen LogP contribution is -2.39. The number of nitrogens with zero attached hydrogens (tertiary/aromatic N) is 2. The van der Waals surface area contributed by atoms with Crippen LogP contribution in [0, 0.1) is 0 Å². The van der Waals surface area contributed by atoms with Crippen LogP contribution in [-0.2, 0) is 0 Å². The van der Waals surface area contributed by atoms with Gasteiger partial charge < -0.3 is 15.5 Å². The Hall–Kier alpha value is -1.07. The minimum atomic E-state index is 0.0134. The van der Waals surface area contributed by atoms with Gasteiger partial charge >= 0.3 is 0 Å². The first-order valence-corrected chi connectivity index (χ1v) is 7.29. The molecule has 0 spiro atoms. The monoisotopic (exact) mass is 325 g/mol. The van der Waals surface area contributed by atoms with Crippen molar-refractivity contribution in [1.29, 1.82) is 0 Å². The summed E-state index contributed by atoms with van der Waals surface area (Å²) in [6.45, 7) is 1.88. The molecule has 0 aliphatic carbocycles. The zero-order valence-corrected chi connectivity index (χ0v) is 13.0. The molecule has 1 saturated heterocycles. The summed E-state index contributed by atoms with van der Waals surface area (Å²) in [5.74, 6) is 0.0134. The van der Waals surface area contributed by atoms with E-state index in [1.807, 2.05) is 13.1 Å². The van der Waals surface area contributed by atoms with Gasteiger partial charge in [0.15, 0.2) is 0 Å². The van der Waals surface area contributed by atoms with Crippen LogP contribution in [0.25, 0.3) is 0 Å². The predicted molar refractivity (Wildman–Crippen MR) is 81.2 cm³/mol. The lowest BCUT2D eigenvalue weighted by molar-refractivity contribution is 0.0760. The molecular weight excluding hydrogens is 306 g/mol. The fourth-order valence-corrected chi connectivity index (χ4v) is 2.94. The number of carbonyl (C=O) groups is 1. The number of amides is 1. The van der Waals surface area contributed by atoms with E-state index < -0.39 is 0 Å². The first kappa shape index (κ1) is 14.3. The van der Waals surface area contributed by atoms with Crippen molar-refractivity contribution in [3.8, 4) is 0 Å². The molecule has 1 heterocycles. The summed E-state index contributed by atoms with van der Waals surface area (Å²) in [5.41, 5.74) is 6.99. The lowest BCUT2D eigenvalue weighted by atomic mass is 10.1. The molecule has 1 aromatic rings. The number of carbonyl (C=O) groups excluding carboxylic acids is 1. The van der Waals surface area contributed by atoms with Gasteiger partial charge in [-0.25, -0.2) is 0 Å². The number of nitrogen functional groups attached to an aromatic ring is 1. The summed E-state index contributed by atoms with van der Waals surface area (Å²) >= 11 is 3.41. The summed E-state index contributed by atoms with van der Waals surface area (Å²) in [7, 11) is 3.97. The molecule has 2 rings (SSSR count). The molecule has 2 N–H and O–H groups in total. The minimum absolute atomic E-state index is 0.0134. The first-order chi connectivity index (χ1) is 8.99. The molecule has 4 nitrogen and oxygen atoms in total. The number of rotatable bonds is 3. The molecule has 19 heavy (non-hydrogen) atoms. The van der Waals surface area contributed by atoms with E-state index in [0.29, 0.717) is 17.3 Å². The van der Waals surface area contributed by atoms with Crippen LogP contribution < -0.4 is 5.73 Å². The number of nitrogens with two attached hydrogens (primary N) is 1. The average molecular weight is 326 g/mol. The fraction of sp³-hybridized carbons (Fsp3) is 0.500. The maximum absolute atomic E-state index is 12.4. The largest absolute Gasteiger partial charge is 0.399 e. The van der Waals surface area contributed by atoms with E-state index in [-0.39, 0.29) is 5.91 Å². The fourth-order valence-electron chi connectivity index (χ4n) is 2.52. The molecular formula is C14H20BrN3O. The third kappa shape index (κ3) is 3.28. The number of hydrogen-bond donors (Lipinski definition) is 1. The number of benzene rings is 1. The second kappa shape index (κ2) is 5.92. The first-order valence-electron chi connectivity index (χ1n) is 6.50. The lowest BCUT2D eigenvalue weighted by Gasteiger charge is -2.26. The topological polar surface area (TPSA) is 49.6 Å². The molecule has 1 unspecified atom stereocenters. The Morgan fingerprint density at radius 1 is 1.58 bits per heavy atom. The summed E-state index contributed by atoms with van der Waals surface area (Å²) in [6.07, 6.45) is 2.37. The number of anilines is 1. The molecule has 0 radical (unpaired) electrons. The highest BCUT2D eigenvalue weighted by atomic mass is 79.9. The van der Waals surface area contributed by atoms with Crippen molar-refractivity contribution in [2.45, 2.75) is 18.9 Å². The molecule has 1 fully saturated rings. The van der Waals surface area contributed by atoms with Crippen molar-refractivity contribution >= 4 is 27.5 Å². The van der Waals surface area contributed by atoms with E-state index in [0.717, 1.165) is 24.0 Å². The van der Waals surface area contributed by atoms with Crippen LogP contribution >= 0.6 is 15.9 Å². The van der Waals surface area contributed by atoms with Crippen LogP contribution in [0.1, 0.15) is 23.2 Å². The van der Waals surface area contributed by atoms with Crippen molar-refractivity contribution in [3.05, 3.63) is 28.2 Å². The smallest absolute Gasteiger partial charge is 0.254 e. The van der Waals surface area contributed by atoms with Gasteiger partial charge in [0.2, 0.25) is 0 Å². The second-order valence-corrected chi connectivity index (χ2v) is 6.06. The van der Waals surface area contributed by atoms with Crippen molar-refractivity contribution in [1.82, 2.24) is 9.80 Å². The third-order valence-electron chi connectivity index (χ3n) is 3.72. The zero-order valence-electron chi connectivity index (χ0n) is 11.4. The van der Waals surface area contributed by atoms with Gasteiger partial charge in [-0.2, -0.15) is 0 Å². The molecule has 1 amide bonds. The highest BCUT2D eigenvalue weighted by Crippen LogP contribution is 2.22. The Morgan fingerprint density at radius 2 is 2.32 bits per heavy atom. The van der Waals surface area contributed by atoms with Crippen molar-refractivity contribution < 1.29 is 4.79 Å². The number of halogens is 1. The maximum atomic E-state index is 12.4. The van der Waals surface area contributed by atoms with Crippen molar-refractivity contribution in [2.24, 2.45) is 0 Å². The summed E-state index contributed by atoms with van der Waals surface area (Å²) in [6, 6.07) is 5.79. The average Bonchev–Trinajstić information content (AvgIpc) is 2.77. The van der Waals surface area contributed by atoms with Gasteiger partial charge in [0.25, 0.3) is 5.91 Å². The van der Waals surface area contributed by atoms with E-state index in [1.54, 1.807) is 17.0 Å². The molecule has 0 bridgehead atoms. The van der Waals surface area contributed by atoms with E-state index in [9.17, 15) is 4.79 Å². The van der Waals surface area contributed by atoms with Gasteiger partial charge in [0.1, 0.15) is 0 Å². The number of likely N-dealkylation sites (N-methyl/N-ethyl adjacent to an activating group) is 2. The highest BCUT2D eigenvalue weighted by Gasteiger charge is 2.25. The van der Waals surface area contributed by atoms with Crippen LogP contribution in [0.15, 0.2) is 22.7 Å². The second-order valence-electron chi connectivity index (χ2n) is 5.20. The van der Waals surface area contributed by atoms with Gasteiger partial charge in [-0.1, -0.05) is 0 Å². The molecule has 1 aromatic carbocycles. The van der Waals surface area contributed by atoms with Crippen LogP contribution in [0.4, 0.5) is 5.69 Å². The number of likely N-dealkylation sites (tertiary alicyclic amines) is 1. The van der Waals surface area contributed by atoms with Gasteiger partial charge in [0, 0.05) is 29.8 Å². The van der Waals surface area contributed by atoms with E-state index >= 15 is 0 Å². The van der Waals surface area contributed by atoms with Gasteiger partial charge in [-0.3, -0.25) is 4.79 Å². The third-order valence-corrected chi connectivity index (χ3v) is 4.42. The Kier molecular flexibility index (Phi) is 4.47. The van der Waals surface area contributed by atoms with Crippen LogP contribution in [0.3, 0.4) is 0 Å². The molecule has 1 atom stereocenters. The quantitative estimate of drug-likeness (QED) is 0.867. The minimum Gasteiger partial charge on any atom is -0.399 e. The normalized spacial score (nSPS) is 19.6. The van der Waals surface area contributed by atoms with Crippen LogP contribution in [-0.4, -0.2) is 48.9 Å². The zero-order chi connectivity index (χ0) is 14.0. The van der Waals surface area contributed by atoms with E-state index in [4.69, 9.17) is 5.73 Å². The summed E-state index contributed by atoms with van der Waals surface area (Å²) < 4.78 is 0.790. The van der Waals surface area contributed by atoms with Crippen molar-refractivity contribution in [2.75, 3.05) is 32.9 Å². The predicted octanol–water partition coefficient (Wildman–Crippen LogP) is 2.20. The van der Waals surface area contributed by atoms with Gasteiger partial charge in [-0.05, 0) is 60.6 Å². The molecule has 0 aromatic heterocycles. The Bertz CT molecular complexity index is 478. The molecule has 1 aliphatic rings. The standard InChI is InChI=1S/C14H20BrN3O/c1-17-7-3-4-11(17)9-18(2)14(19)12-8-10(16)5-6-13(12)15/h5-6,8,11H,3-4,7,9,16H2,1-2H3. The molecule has 5 heteroatoms. The van der Waals surface area contributed by atoms with Gasteiger partial charge in [0.05, 0.1) is 5.56 Å². The van der Waals surface area contributed by atoms with Crippen LogP contribution in [0.5, 0.6) is 0 Å². The Balaban J connectivity index is 2.08. The summed E-state index contributed by atoms with van der Waals surface area (Å²) in [4.78, 5) is 16.5. The highest BCUT2D eigenvalue weighted by molar-refractivity contribution is 9.10. The summed E-state index contributed by atoms with van der Waals surface area (Å²) in [5, 5.41) is 0.